The van der Waals surface area contributed by atoms with E-state index >= 15 is 0 Å². The quantitative estimate of drug-likeness (QED) is 0.608. The van der Waals surface area contributed by atoms with Crippen LogP contribution >= 0.6 is 11.8 Å². The zero-order chi connectivity index (χ0) is 6.41. The topological polar surface area (TPSA) is 49.8 Å². The molecule has 0 aromatic heterocycles. The van der Waals surface area contributed by atoms with E-state index in [1.165, 1.54) is 0 Å². The number of hydrogen-bond donors (Lipinski definition) is 1. The number of thioether (sulfide) groups is 1. The maximum atomic E-state index is 8.18. The molecule has 2 N–H and O–H groups in total. The molecular formula is C5H10N2S. The molecule has 0 fully saturated rings. The number of nitrogens with two attached hydrogens (primary N) is 1. The third-order valence-electron chi connectivity index (χ3n) is 0.799. The second-order valence-electron chi connectivity index (χ2n) is 1.52. The van der Waals surface area contributed by atoms with Gasteiger partial charge in [0.1, 0.15) is 0 Å². The van der Waals surface area contributed by atoms with Crippen molar-refractivity contribution >= 4 is 11.8 Å². The minimum atomic E-state index is -0.262. The molecule has 0 bridgehead atoms. The Balaban J connectivity index is 3.02. The van der Waals surface area contributed by atoms with Crippen LogP contribution in [0.4, 0.5) is 0 Å². The number of hydrogen-bond acceptors (Lipinski definition) is 3. The second kappa shape index (κ2) is 4.95. The van der Waals surface area contributed by atoms with Crippen LogP contribution in [0.3, 0.4) is 0 Å². The van der Waals surface area contributed by atoms with E-state index < -0.39 is 0 Å². The zero-order valence-electron chi connectivity index (χ0n) is 4.92. The van der Waals surface area contributed by atoms with E-state index in [0.29, 0.717) is 0 Å². The predicted molar refractivity (Wildman–Crippen MR) is 36.6 cm³/mol. The molecule has 0 aliphatic carbocycles. The minimum absolute atomic E-state index is 0.262. The average Bonchev–Trinajstić information content (AvgIpc) is 1.83. The van der Waals surface area contributed by atoms with Gasteiger partial charge in [-0.25, -0.2) is 0 Å². The molecule has 0 heterocycles. The van der Waals surface area contributed by atoms with Crippen molar-refractivity contribution in [3.05, 3.63) is 0 Å². The lowest BCUT2D eigenvalue weighted by molar-refractivity contribution is 0.804. The maximum Gasteiger partial charge on any atom is 0.0935 e. The fraction of sp³-hybridized carbons (Fsp3) is 0.800. The first-order valence-electron chi connectivity index (χ1n) is 2.45. The number of nitrogens with zero attached hydrogens (tertiary/aromatic N) is 1. The average molecular weight is 130 g/mol. The molecule has 0 radical (unpaired) electrons. The smallest absolute Gasteiger partial charge is 0.0935 e. The maximum absolute atomic E-state index is 8.18. The number of rotatable bonds is 3. The van der Waals surface area contributed by atoms with Crippen molar-refractivity contribution in [2.75, 3.05) is 12.0 Å². The van der Waals surface area contributed by atoms with Crippen LogP contribution in [0.2, 0.25) is 0 Å². The summed E-state index contributed by atoms with van der Waals surface area (Å²) < 4.78 is 0. The van der Waals surface area contributed by atoms with E-state index in [2.05, 4.69) is 0 Å². The van der Waals surface area contributed by atoms with Crippen molar-refractivity contribution in [3.63, 3.8) is 0 Å². The standard InChI is InChI=1S/C5H10N2S/c1-8-3-2-5(7)4-6/h5H,2-3,7H2,1H3/t5-/m1/s1. The predicted octanol–water partition coefficient (Wildman–Crippen LogP) is 0.590. The van der Waals surface area contributed by atoms with Gasteiger partial charge < -0.3 is 5.73 Å². The molecule has 0 aromatic rings. The van der Waals surface area contributed by atoms with Gasteiger partial charge in [0.25, 0.3) is 0 Å². The van der Waals surface area contributed by atoms with Gasteiger partial charge in [0.15, 0.2) is 0 Å². The first-order valence-corrected chi connectivity index (χ1v) is 3.84. The Labute approximate surface area is 54.1 Å². The van der Waals surface area contributed by atoms with E-state index in [1.54, 1.807) is 11.8 Å². The molecule has 1 atom stereocenters. The SMILES string of the molecule is CSCC[C@@H](N)C#N. The van der Waals surface area contributed by atoms with E-state index in [-0.39, 0.29) is 6.04 Å². The van der Waals surface area contributed by atoms with Gasteiger partial charge in [-0.15, -0.1) is 0 Å². The lowest BCUT2D eigenvalue weighted by Crippen LogP contribution is -2.17. The normalized spacial score (nSPS) is 12.6. The van der Waals surface area contributed by atoms with Crippen LogP contribution in [0.15, 0.2) is 0 Å². The monoisotopic (exact) mass is 130 g/mol. The lowest BCUT2D eigenvalue weighted by atomic mass is 10.3. The Hall–Kier alpha value is -0.200. The van der Waals surface area contributed by atoms with Crippen molar-refractivity contribution < 1.29 is 0 Å². The van der Waals surface area contributed by atoms with Crippen molar-refractivity contribution in [1.29, 1.82) is 5.26 Å². The van der Waals surface area contributed by atoms with Crippen LogP contribution < -0.4 is 5.73 Å². The Morgan fingerprint density at radius 2 is 2.50 bits per heavy atom. The first kappa shape index (κ1) is 7.80. The Morgan fingerprint density at radius 3 is 2.88 bits per heavy atom. The molecule has 0 aliphatic heterocycles. The molecule has 2 nitrogen and oxygen atoms in total. The fourth-order valence-electron chi connectivity index (χ4n) is 0.309. The zero-order valence-corrected chi connectivity index (χ0v) is 5.74. The molecule has 3 heteroatoms. The number of nitriles is 1. The largest absolute Gasteiger partial charge is 0.316 e. The third kappa shape index (κ3) is 3.97. The van der Waals surface area contributed by atoms with E-state index in [1.807, 2.05) is 12.3 Å². The van der Waals surface area contributed by atoms with Crippen LogP contribution in [0, 0.1) is 11.3 Å². The first-order chi connectivity index (χ1) is 3.81. The Bertz CT molecular complexity index is 86.9. The molecule has 0 rings (SSSR count). The Morgan fingerprint density at radius 1 is 1.88 bits per heavy atom. The minimum Gasteiger partial charge on any atom is -0.316 e. The summed E-state index contributed by atoms with van der Waals surface area (Å²) in [5.74, 6) is 0.981. The molecule has 0 unspecified atom stereocenters. The van der Waals surface area contributed by atoms with Crippen LogP contribution in [-0.4, -0.2) is 18.1 Å². The van der Waals surface area contributed by atoms with E-state index in [0.717, 1.165) is 12.2 Å². The van der Waals surface area contributed by atoms with Gasteiger partial charge in [-0.3, -0.25) is 0 Å². The highest BCUT2D eigenvalue weighted by molar-refractivity contribution is 7.98. The van der Waals surface area contributed by atoms with Crippen molar-refractivity contribution in [3.8, 4) is 6.07 Å². The van der Waals surface area contributed by atoms with Crippen molar-refractivity contribution in [2.24, 2.45) is 5.73 Å². The lowest BCUT2D eigenvalue weighted by Gasteiger charge is -1.96. The summed E-state index contributed by atoms with van der Waals surface area (Å²) in [7, 11) is 0. The van der Waals surface area contributed by atoms with Crippen LogP contribution in [0.25, 0.3) is 0 Å². The van der Waals surface area contributed by atoms with Gasteiger partial charge >= 0.3 is 0 Å². The second-order valence-corrected chi connectivity index (χ2v) is 2.50. The van der Waals surface area contributed by atoms with Crippen LogP contribution in [0.1, 0.15) is 6.42 Å². The van der Waals surface area contributed by atoms with Gasteiger partial charge in [0, 0.05) is 0 Å². The summed E-state index contributed by atoms with van der Waals surface area (Å²) in [4.78, 5) is 0. The fourth-order valence-corrected chi connectivity index (χ4v) is 0.799. The third-order valence-corrected chi connectivity index (χ3v) is 1.44. The molecule has 8 heavy (non-hydrogen) atoms. The molecular weight excluding hydrogens is 120 g/mol. The molecule has 0 spiro atoms. The van der Waals surface area contributed by atoms with Gasteiger partial charge in [0.2, 0.25) is 0 Å². The summed E-state index contributed by atoms with van der Waals surface area (Å²) >= 11 is 1.71. The highest BCUT2D eigenvalue weighted by Gasteiger charge is 1.95. The molecule has 46 valence electrons. The van der Waals surface area contributed by atoms with Gasteiger partial charge in [-0.2, -0.15) is 17.0 Å². The molecule has 0 amide bonds. The summed E-state index contributed by atoms with van der Waals surface area (Å²) in [5.41, 5.74) is 5.28. The summed E-state index contributed by atoms with van der Waals surface area (Å²) in [6, 6.07) is 1.70. The van der Waals surface area contributed by atoms with Crippen LogP contribution in [-0.2, 0) is 0 Å². The molecule has 0 saturated heterocycles. The van der Waals surface area contributed by atoms with E-state index in [4.69, 9.17) is 11.0 Å². The summed E-state index contributed by atoms with van der Waals surface area (Å²) in [6.07, 6.45) is 2.81. The highest BCUT2D eigenvalue weighted by Crippen LogP contribution is 1.96. The summed E-state index contributed by atoms with van der Waals surface area (Å²) in [5, 5.41) is 8.18. The van der Waals surface area contributed by atoms with E-state index in [9.17, 15) is 0 Å². The molecule has 0 aromatic carbocycles. The van der Waals surface area contributed by atoms with Crippen LogP contribution in [0.5, 0.6) is 0 Å². The van der Waals surface area contributed by atoms with Gasteiger partial charge in [0.05, 0.1) is 12.1 Å². The Kier molecular flexibility index (Phi) is 4.82. The van der Waals surface area contributed by atoms with Crippen molar-refractivity contribution in [2.45, 2.75) is 12.5 Å². The molecule has 0 aliphatic rings. The summed E-state index contributed by atoms with van der Waals surface area (Å²) in [6.45, 7) is 0. The highest BCUT2D eigenvalue weighted by atomic mass is 32.2. The van der Waals surface area contributed by atoms with Gasteiger partial charge in [-0.05, 0) is 18.4 Å². The molecule has 0 saturated carbocycles. The van der Waals surface area contributed by atoms with Gasteiger partial charge in [-0.1, -0.05) is 0 Å². The van der Waals surface area contributed by atoms with Crippen molar-refractivity contribution in [1.82, 2.24) is 0 Å².